The van der Waals surface area contributed by atoms with Gasteiger partial charge in [-0.15, -0.1) is 0 Å². The molecule has 7 nitrogen and oxygen atoms in total. The SMILES string of the molecule is O=C(O)c1ccccc1C(=O)c1ccc(OP(=O)([O-])Oc2ccccc2)cc1.[Na+]. The number of phosphoric ester groups is 1. The van der Waals surface area contributed by atoms with E-state index in [0.717, 1.165) is 0 Å². The Morgan fingerprint density at radius 2 is 1.24 bits per heavy atom. The van der Waals surface area contributed by atoms with Gasteiger partial charge >= 0.3 is 43.3 Å². The molecule has 29 heavy (non-hydrogen) atoms. The van der Waals surface area contributed by atoms with Crippen molar-refractivity contribution in [1.29, 1.82) is 0 Å². The van der Waals surface area contributed by atoms with Crippen molar-refractivity contribution in [3.05, 3.63) is 95.6 Å². The zero-order valence-electron chi connectivity index (χ0n) is 15.3. The number of ketones is 1. The van der Waals surface area contributed by atoms with Crippen LogP contribution in [-0.4, -0.2) is 16.9 Å². The Balaban J connectivity index is 0.00000300. The second-order valence-electron chi connectivity index (χ2n) is 5.65. The first-order valence-electron chi connectivity index (χ1n) is 8.08. The molecule has 0 spiro atoms. The van der Waals surface area contributed by atoms with Crippen LogP contribution in [0, 0.1) is 0 Å². The van der Waals surface area contributed by atoms with Gasteiger partial charge in [-0.2, -0.15) is 0 Å². The predicted molar refractivity (Wildman–Crippen MR) is 98.6 cm³/mol. The number of hydrogen-bond donors (Lipinski definition) is 1. The molecule has 0 radical (unpaired) electrons. The quantitative estimate of drug-likeness (QED) is 0.337. The van der Waals surface area contributed by atoms with Crippen molar-refractivity contribution in [1.82, 2.24) is 0 Å². The van der Waals surface area contributed by atoms with E-state index in [1.807, 2.05) is 0 Å². The van der Waals surface area contributed by atoms with E-state index in [4.69, 9.17) is 9.05 Å². The molecule has 0 bridgehead atoms. The molecule has 142 valence electrons. The number of rotatable bonds is 7. The van der Waals surface area contributed by atoms with Gasteiger partial charge in [0.15, 0.2) is 5.78 Å². The monoisotopic (exact) mass is 420 g/mol. The summed E-state index contributed by atoms with van der Waals surface area (Å²) in [7, 11) is -4.67. The standard InChI is InChI=1S/C20H15O7P.Na/c21-19(17-8-4-5-9-18(17)20(22)23)14-10-12-16(13-11-14)27-28(24,25)26-15-6-2-1-3-7-15;/h1-13H,(H,22,23)(H,24,25);/q;+1/p-1. The van der Waals surface area contributed by atoms with Gasteiger partial charge in [0.2, 0.25) is 0 Å². The molecule has 3 aromatic carbocycles. The van der Waals surface area contributed by atoms with Crippen LogP contribution < -0.4 is 43.5 Å². The van der Waals surface area contributed by atoms with Gasteiger partial charge in [-0.05, 0) is 42.5 Å². The molecule has 1 unspecified atom stereocenters. The van der Waals surface area contributed by atoms with Crippen LogP contribution in [0.1, 0.15) is 26.3 Å². The summed E-state index contributed by atoms with van der Waals surface area (Å²) in [5.41, 5.74) is 0.101. The van der Waals surface area contributed by atoms with E-state index in [2.05, 4.69) is 0 Å². The van der Waals surface area contributed by atoms with Crippen molar-refractivity contribution >= 4 is 19.6 Å². The smallest absolute Gasteiger partial charge is 0.736 e. The van der Waals surface area contributed by atoms with E-state index in [1.54, 1.807) is 24.3 Å². The molecule has 0 aliphatic carbocycles. The fourth-order valence-electron chi connectivity index (χ4n) is 2.45. The van der Waals surface area contributed by atoms with Crippen LogP contribution in [0.2, 0.25) is 0 Å². The number of carbonyl (C=O) groups excluding carboxylic acids is 1. The Kier molecular flexibility index (Phi) is 7.79. The molecule has 0 saturated heterocycles. The third kappa shape index (κ3) is 6.03. The molecule has 0 aliphatic rings. The second-order valence-corrected chi connectivity index (χ2v) is 6.91. The number of carbonyl (C=O) groups is 2. The average molecular weight is 420 g/mol. The largest absolute Gasteiger partial charge is 1.00 e. The first-order valence-corrected chi connectivity index (χ1v) is 9.54. The summed E-state index contributed by atoms with van der Waals surface area (Å²) < 4.78 is 21.7. The van der Waals surface area contributed by atoms with Crippen LogP contribution in [0.15, 0.2) is 78.9 Å². The molecule has 9 heteroatoms. The molecule has 3 aromatic rings. The maximum Gasteiger partial charge on any atom is 1.00 e. The van der Waals surface area contributed by atoms with Gasteiger partial charge in [0, 0.05) is 11.1 Å². The summed E-state index contributed by atoms with van der Waals surface area (Å²) in [5, 5.41) is 9.20. The second kappa shape index (κ2) is 9.87. The molecule has 0 heterocycles. The predicted octanol–water partition coefficient (Wildman–Crippen LogP) is 0.546. The van der Waals surface area contributed by atoms with Crippen molar-refractivity contribution in [2.45, 2.75) is 0 Å². The van der Waals surface area contributed by atoms with E-state index in [9.17, 15) is 24.2 Å². The van der Waals surface area contributed by atoms with E-state index < -0.39 is 19.6 Å². The summed E-state index contributed by atoms with van der Waals surface area (Å²) in [5.74, 6) is -1.65. The van der Waals surface area contributed by atoms with Gasteiger partial charge in [0.1, 0.15) is 11.5 Å². The van der Waals surface area contributed by atoms with E-state index in [-0.39, 0.29) is 57.7 Å². The van der Waals surface area contributed by atoms with Crippen molar-refractivity contribution in [3.63, 3.8) is 0 Å². The summed E-state index contributed by atoms with van der Waals surface area (Å²) >= 11 is 0. The number of aromatic carboxylic acids is 1. The van der Waals surface area contributed by atoms with E-state index >= 15 is 0 Å². The molecular formula is C20H14NaO7P. The maximum atomic E-state index is 12.6. The van der Waals surface area contributed by atoms with Crippen molar-refractivity contribution in [3.8, 4) is 11.5 Å². The Morgan fingerprint density at radius 1 is 0.759 bits per heavy atom. The number of para-hydroxylation sites is 1. The third-order valence-electron chi connectivity index (χ3n) is 3.70. The molecule has 0 amide bonds. The van der Waals surface area contributed by atoms with Crippen molar-refractivity contribution < 1.29 is 62.8 Å². The topological polar surface area (TPSA) is 113 Å². The zero-order valence-corrected chi connectivity index (χ0v) is 18.2. The fourth-order valence-corrected chi connectivity index (χ4v) is 3.25. The Hall–Kier alpha value is -2.41. The Labute approximate surface area is 188 Å². The van der Waals surface area contributed by atoms with Crippen LogP contribution in [-0.2, 0) is 4.57 Å². The molecule has 0 fully saturated rings. The summed E-state index contributed by atoms with van der Waals surface area (Å²) in [6.07, 6.45) is 0. The Bertz CT molecular complexity index is 1050. The molecular weight excluding hydrogens is 406 g/mol. The van der Waals surface area contributed by atoms with Gasteiger partial charge in [-0.1, -0.05) is 36.4 Å². The molecule has 3 rings (SSSR count). The maximum absolute atomic E-state index is 12.6. The van der Waals surface area contributed by atoms with Crippen molar-refractivity contribution in [2.24, 2.45) is 0 Å². The van der Waals surface area contributed by atoms with Gasteiger partial charge < -0.3 is 19.0 Å². The zero-order chi connectivity index (χ0) is 20.1. The minimum atomic E-state index is -4.67. The number of phosphoric acid groups is 1. The minimum Gasteiger partial charge on any atom is -0.736 e. The third-order valence-corrected chi connectivity index (χ3v) is 4.57. The van der Waals surface area contributed by atoms with E-state index in [1.165, 1.54) is 54.6 Å². The molecule has 1 N–H and O–H groups in total. The number of hydrogen-bond acceptors (Lipinski definition) is 6. The summed E-state index contributed by atoms with van der Waals surface area (Å²) in [6, 6.07) is 19.0. The van der Waals surface area contributed by atoms with E-state index in [0.29, 0.717) is 0 Å². The first kappa shape index (κ1) is 22.9. The molecule has 0 saturated carbocycles. The Morgan fingerprint density at radius 3 is 1.79 bits per heavy atom. The van der Waals surface area contributed by atoms with Crippen LogP contribution in [0.25, 0.3) is 0 Å². The van der Waals surface area contributed by atoms with Crippen molar-refractivity contribution in [2.75, 3.05) is 0 Å². The normalized spacial score (nSPS) is 12.2. The van der Waals surface area contributed by atoms with Crippen LogP contribution in [0.5, 0.6) is 11.5 Å². The van der Waals surface area contributed by atoms with Crippen LogP contribution >= 0.6 is 7.82 Å². The van der Waals surface area contributed by atoms with Crippen LogP contribution in [0.3, 0.4) is 0 Å². The summed E-state index contributed by atoms with van der Waals surface area (Å²) in [6.45, 7) is 0. The van der Waals surface area contributed by atoms with Gasteiger partial charge in [-0.3, -0.25) is 4.79 Å². The molecule has 0 aliphatic heterocycles. The molecule has 0 aromatic heterocycles. The van der Waals surface area contributed by atoms with Gasteiger partial charge in [0.25, 0.3) is 0 Å². The number of carboxylic acid groups (broad SMARTS) is 1. The summed E-state index contributed by atoms with van der Waals surface area (Å²) in [4.78, 5) is 35.8. The van der Waals surface area contributed by atoms with Gasteiger partial charge in [-0.25, -0.2) is 9.36 Å². The minimum absolute atomic E-state index is 0. The average Bonchev–Trinajstić information content (AvgIpc) is 2.68. The number of carboxylic acids is 1. The fraction of sp³-hybridized carbons (Fsp3) is 0. The van der Waals surface area contributed by atoms with Gasteiger partial charge in [0.05, 0.1) is 5.56 Å². The van der Waals surface area contributed by atoms with Crippen LogP contribution in [0.4, 0.5) is 0 Å². The first-order chi connectivity index (χ1) is 13.4. The molecule has 1 atom stereocenters. The number of benzene rings is 3.